The van der Waals surface area contributed by atoms with Gasteiger partial charge in [0.2, 0.25) is 0 Å². The van der Waals surface area contributed by atoms with Crippen molar-refractivity contribution < 1.29 is 0 Å². The lowest BCUT2D eigenvalue weighted by molar-refractivity contribution is 0.651. The summed E-state index contributed by atoms with van der Waals surface area (Å²) in [6.45, 7) is 6.08. The molecule has 0 heterocycles. The average Bonchev–Trinajstić information content (AvgIpc) is 2.26. The van der Waals surface area contributed by atoms with Gasteiger partial charge in [-0.2, -0.15) is 0 Å². The minimum atomic E-state index is 1.09. The van der Waals surface area contributed by atoms with Gasteiger partial charge in [-0.1, -0.05) is 76.7 Å². The Kier molecular flexibility index (Phi) is 13.0. The Bertz CT molecular complexity index is 153. The summed E-state index contributed by atoms with van der Waals surface area (Å²) in [5.41, 5.74) is 0. The van der Waals surface area contributed by atoms with Crippen LogP contribution in [0.5, 0.6) is 0 Å². The first-order valence-electron chi connectivity index (χ1n) is 6.52. The molecule has 0 bridgehead atoms. The lowest BCUT2D eigenvalue weighted by Gasteiger charge is -1.95. The van der Waals surface area contributed by atoms with Gasteiger partial charge in [0.25, 0.3) is 0 Å². The van der Waals surface area contributed by atoms with Crippen molar-refractivity contribution in [3.05, 3.63) is 31.2 Å². The van der Waals surface area contributed by atoms with E-state index in [1.54, 1.807) is 0 Å². The molecule has 0 saturated carbocycles. The van der Waals surface area contributed by atoms with E-state index in [4.69, 9.17) is 0 Å². The zero-order valence-electron chi connectivity index (χ0n) is 10.4. The van der Waals surface area contributed by atoms with Crippen LogP contribution in [-0.4, -0.2) is 0 Å². The Morgan fingerprint density at radius 3 is 2.00 bits per heavy atom. The molecule has 0 rings (SSSR count). The summed E-state index contributed by atoms with van der Waals surface area (Å²) in [7, 11) is 0. The lowest BCUT2D eigenvalue weighted by Crippen LogP contribution is -1.75. The van der Waals surface area contributed by atoms with Crippen LogP contribution in [0.15, 0.2) is 24.3 Å². The molecule has 87 valence electrons. The van der Waals surface area contributed by atoms with E-state index in [1.165, 1.54) is 51.4 Å². The molecule has 0 spiro atoms. The monoisotopic (exact) mass is 207 g/mol. The van der Waals surface area contributed by atoms with Gasteiger partial charge in [0, 0.05) is 0 Å². The van der Waals surface area contributed by atoms with Crippen molar-refractivity contribution in [2.75, 3.05) is 0 Å². The molecule has 0 aromatic carbocycles. The summed E-state index contributed by atoms with van der Waals surface area (Å²) < 4.78 is 0. The van der Waals surface area contributed by atoms with E-state index in [9.17, 15) is 0 Å². The fraction of sp³-hybridized carbons (Fsp3) is 0.667. The van der Waals surface area contributed by atoms with Crippen molar-refractivity contribution in [1.29, 1.82) is 0 Å². The predicted molar refractivity (Wildman–Crippen MR) is 70.9 cm³/mol. The molecule has 0 atom stereocenters. The number of rotatable bonds is 10. The normalized spacial score (nSPS) is 11.9. The van der Waals surface area contributed by atoms with E-state index >= 15 is 0 Å². The van der Waals surface area contributed by atoms with Crippen LogP contribution in [0.25, 0.3) is 0 Å². The molecule has 0 aromatic rings. The second-order valence-electron chi connectivity index (χ2n) is 4.05. The smallest absolute Gasteiger partial charge is 0.0348 e. The third-order valence-corrected chi connectivity index (χ3v) is 2.48. The molecule has 1 radical (unpaired) electrons. The first kappa shape index (κ1) is 14.5. The second kappa shape index (κ2) is 13.5. The molecule has 15 heavy (non-hydrogen) atoms. The van der Waals surface area contributed by atoms with Gasteiger partial charge < -0.3 is 0 Å². The summed E-state index contributed by atoms with van der Waals surface area (Å²) in [4.78, 5) is 0. The highest BCUT2D eigenvalue weighted by molar-refractivity contribution is 5.02. The molecule has 0 aromatic heterocycles. The zero-order chi connectivity index (χ0) is 11.2. The van der Waals surface area contributed by atoms with Crippen LogP contribution in [0.4, 0.5) is 0 Å². The molecule has 0 saturated heterocycles. The van der Waals surface area contributed by atoms with Gasteiger partial charge >= 0.3 is 0 Å². The van der Waals surface area contributed by atoms with Crippen molar-refractivity contribution in [2.45, 2.75) is 64.7 Å². The highest BCUT2D eigenvalue weighted by Crippen LogP contribution is 2.05. The van der Waals surface area contributed by atoms with Crippen LogP contribution in [0, 0.1) is 6.92 Å². The highest BCUT2D eigenvalue weighted by Gasteiger charge is 1.85. The highest BCUT2D eigenvalue weighted by atomic mass is 13.9. The maximum atomic E-state index is 3.85. The summed E-state index contributed by atoms with van der Waals surface area (Å²) in [5, 5.41) is 0. The fourth-order valence-corrected chi connectivity index (χ4v) is 1.46. The lowest BCUT2D eigenvalue weighted by atomic mass is 10.1. The second-order valence-corrected chi connectivity index (χ2v) is 4.05. The van der Waals surface area contributed by atoms with Gasteiger partial charge in [-0.3, -0.25) is 0 Å². The Hall–Kier alpha value is -0.520. The number of hydrogen-bond donors (Lipinski definition) is 0. The van der Waals surface area contributed by atoms with Crippen LogP contribution in [0.2, 0.25) is 0 Å². The van der Waals surface area contributed by atoms with Crippen molar-refractivity contribution in [1.82, 2.24) is 0 Å². The largest absolute Gasteiger partial charge is 0.0845 e. The zero-order valence-corrected chi connectivity index (χ0v) is 10.4. The maximum absolute atomic E-state index is 3.85. The number of unbranched alkanes of at least 4 members (excludes halogenated alkanes) is 7. The van der Waals surface area contributed by atoms with E-state index in [2.05, 4.69) is 38.2 Å². The molecule has 0 amide bonds. The molecular weight excluding hydrogens is 180 g/mol. The Morgan fingerprint density at radius 2 is 1.40 bits per heavy atom. The predicted octanol–water partition coefficient (Wildman–Crippen LogP) is 5.46. The Morgan fingerprint density at radius 1 is 0.800 bits per heavy atom. The van der Waals surface area contributed by atoms with Crippen molar-refractivity contribution in [3.63, 3.8) is 0 Å². The maximum Gasteiger partial charge on any atom is -0.0348 e. The first-order valence-corrected chi connectivity index (χ1v) is 6.52. The first-order chi connectivity index (χ1) is 7.41. The molecule has 0 fully saturated rings. The molecule has 0 aliphatic carbocycles. The quantitative estimate of drug-likeness (QED) is 0.329. The number of allylic oxidation sites excluding steroid dienone is 4. The molecule has 0 aliphatic rings. The van der Waals surface area contributed by atoms with Gasteiger partial charge in [0.1, 0.15) is 0 Å². The summed E-state index contributed by atoms with van der Waals surface area (Å²) >= 11 is 0. The van der Waals surface area contributed by atoms with Crippen LogP contribution in [-0.2, 0) is 0 Å². The molecule has 0 nitrogen and oxygen atoms in total. The third kappa shape index (κ3) is 13.5. The van der Waals surface area contributed by atoms with E-state index < -0.39 is 0 Å². The van der Waals surface area contributed by atoms with Gasteiger partial charge in [-0.25, -0.2) is 0 Å². The molecule has 0 N–H and O–H groups in total. The minimum Gasteiger partial charge on any atom is -0.0845 e. The summed E-state index contributed by atoms with van der Waals surface area (Å²) in [5.74, 6) is 0. The van der Waals surface area contributed by atoms with Gasteiger partial charge in [0.15, 0.2) is 0 Å². The van der Waals surface area contributed by atoms with Gasteiger partial charge in [-0.15, -0.1) is 0 Å². The number of hydrogen-bond acceptors (Lipinski definition) is 0. The summed E-state index contributed by atoms with van der Waals surface area (Å²) in [6, 6.07) is 0. The standard InChI is InChI=1S/C15H27/c1-3-5-7-9-11-13-15-14-12-10-8-6-4-2/h10,12,14-15H,1,3-9,11,13H2,2H3. The summed E-state index contributed by atoms with van der Waals surface area (Å²) in [6.07, 6.45) is 20.4. The van der Waals surface area contributed by atoms with Crippen LogP contribution in [0.3, 0.4) is 0 Å². The molecular formula is C15H27. The van der Waals surface area contributed by atoms with Crippen molar-refractivity contribution >= 4 is 0 Å². The molecule has 0 aliphatic heterocycles. The van der Waals surface area contributed by atoms with Gasteiger partial charge in [0.05, 0.1) is 0 Å². The van der Waals surface area contributed by atoms with Crippen molar-refractivity contribution in [2.24, 2.45) is 0 Å². The minimum absolute atomic E-state index is 1.09. The van der Waals surface area contributed by atoms with E-state index in [-0.39, 0.29) is 0 Å². The van der Waals surface area contributed by atoms with Gasteiger partial charge in [-0.05, 0) is 19.3 Å². The van der Waals surface area contributed by atoms with E-state index in [0.29, 0.717) is 0 Å². The van der Waals surface area contributed by atoms with Crippen molar-refractivity contribution in [3.8, 4) is 0 Å². The average molecular weight is 207 g/mol. The molecule has 0 unspecified atom stereocenters. The van der Waals surface area contributed by atoms with E-state index in [0.717, 1.165) is 6.42 Å². The Balaban J connectivity index is 3.13. The van der Waals surface area contributed by atoms with E-state index in [1.807, 2.05) is 0 Å². The molecule has 0 heteroatoms. The topological polar surface area (TPSA) is 0 Å². The SMILES string of the molecule is [CH2]CCCCCCC=CC=CCCCC. The third-order valence-electron chi connectivity index (χ3n) is 2.48. The van der Waals surface area contributed by atoms with Crippen LogP contribution >= 0.6 is 0 Å². The van der Waals surface area contributed by atoms with Crippen LogP contribution < -0.4 is 0 Å². The Labute approximate surface area is 96.5 Å². The van der Waals surface area contributed by atoms with Crippen LogP contribution in [0.1, 0.15) is 64.7 Å². The fourth-order valence-electron chi connectivity index (χ4n) is 1.46.